The summed E-state index contributed by atoms with van der Waals surface area (Å²) in [6.07, 6.45) is 0.575. The molecule has 2 aromatic carbocycles. The van der Waals surface area contributed by atoms with Crippen LogP contribution < -0.4 is 5.32 Å². The number of benzene rings is 2. The fourth-order valence-electron chi connectivity index (χ4n) is 2.82. The highest BCUT2D eigenvalue weighted by Gasteiger charge is 2.61. The Kier molecular flexibility index (Phi) is 5.06. The molecule has 1 amide bonds. The lowest BCUT2D eigenvalue weighted by Crippen LogP contribution is -2.37. The maximum Gasteiger partial charge on any atom is 0.338 e. The van der Waals surface area contributed by atoms with Crippen molar-refractivity contribution >= 4 is 27.4 Å². The van der Waals surface area contributed by atoms with Gasteiger partial charge >= 0.3 is 5.97 Å². The van der Waals surface area contributed by atoms with Crippen molar-refractivity contribution < 1.29 is 22.7 Å². The molecule has 3 rings (SSSR count). The van der Waals surface area contributed by atoms with Crippen LogP contribution in [-0.2, 0) is 19.4 Å². The van der Waals surface area contributed by atoms with Gasteiger partial charge in [-0.2, -0.15) is 0 Å². The van der Waals surface area contributed by atoms with E-state index in [0.717, 1.165) is 5.56 Å². The van der Waals surface area contributed by atoms with Crippen LogP contribution in [0.15, 0.2) is 53.4 Å². The topological polar surface area (TPSA) is 89.5 Å². The molecule has 27 heavy (non-hydrogen) atoms. The third-order valence-corrected chi connectivity index (χ3v) is 7.13. The lowest BCUT2D eigenvalue weighted by Gasteiger charge is -2.16. The summed E-state index contributed by atoms with van der Waals surface area (Å²) >= 11 is 0. The van der Waals surface area contributed by atoms with Gasteiger partial charge in [-0.1, -0.05) is 17.7 Å². The predicted molar refractivity (Wildman–Crippen MR) is 101 cm³/mol. The number of hydrogen-bond acceptors (Lipinski definition) is 5. The van der Waals surface area contributed by atoms with Crippen LogP contribution in [0.5, 0.6) is 0 Å². The highest BCUT2D eigenvalue weighted by Crippen LogP contribution is 2.47. The second kappa shape index (κ2) is 7.15. The summed E-state index contributed by atoms with van der Waals surface area (Å²) in [4.78, 5) is 24.5. The monoisotopic (exact) mass is 387 g/mol. The Hall–Kier alpha value is -2.67. The molecule has 0 saturated heterocycles. The molecule has 1 aliphatic rings. The average Bonchev–Trinajstić information content (AvgIpc) is 3.45. The third kappa shape index (κ3) is 3.60. The molecule has 1 N–H and O–H groups in total. The normalized spacial score (nSPS) is 15.0. The number of esters is 1. The third-order valence-electron chi connectivity index (χ3n) is 4.62. The zero-order chi connectivity index (χ0) is 19.7. The van der Waals surface area contributed by atoms with Crippen molar-refractivity contribution in [2.45, 2.75) is 36.3 Å². The van der Waals surface area contributed by atoms with Crippen molar-refractivity contribution in [3.63, 3.8) is 0 Å². The Morgan fingerprint density at radius 1 is 1.04 bits per heavy atom. The minimum atomic E-state index is -3.78. The van der Waals surface area contributed by atoms with E-state index in [1.165, 1.54) is 24.3 Å². The minimum Gasteiger partial charge on any atom is -0.462 e. The van der Waals surface area contributed by atoms with Crippen LogP contribution in [0.25, 0.3) is 0 Å². The van der Waals surface area contributed by atoms with Crippen molar-refractivity contribution in [1.82, 2.24) is 0 Å². The van der Waals surface area contributed by atoms with Crippen molar-refractivity contribution in [3.8, 4) is 0 Å². The Labute approximate surface area is 158 Å². The molecule has 0 aromatic heterocycles. The van der Waals surface area contributed by atoms with Gasteiger partial charge in [0.15, 0.2) is 14.6 Å². The van der Waals surface area contributed by atoms with Crippen molar-refractivity contribution in [2.24, 2.45) is 0 Å². The largest absolute Gasteiger partial charge is 0.462 e. The maximum absolute atomic E-state index is 13.0. The Morgan fingerprint density at radius 3 is 2.15 bits per heavy atom. The molecule has 0 spiro atoms. The first kappa shape index (κ1) is 19.1. The van der Waals surface area contributed by atoms with E-state index < -0.39 is 26.5 Å². The number of aryl methyl sites for hydroxylation is 1. The summed E-state index contributed by atoms with van der Waals surface area (Å²) in [5.41, 5.74) is 1.74. The van der Waals surface area contributed by atoms with Crippen LogP contribution in [0.4, 0.5) is 5.69 Å². The summed E-state index contributed by atoms with van der Waals surface area (Å²) in [5, 5.41) is 2.66. The van der Waals surface area contributed by atoms with E-state index in [1.807, 2.05) is 6.92 Å². The Morgan fingerprint density at radius 2 is 1.63 bits per heavy atom. The molecule has 2 aromatic rings. The molecular formula is C20H21NO5S. The van der Waals surface area contributed by atoms with Crippen molar-refractivity contribution in [1.29, 1.82) is 0 Å². The lowest BCUT2D eigenvalue weighted by atomic mass is 10.2. The Bertz CT molecular complexity index is 958. The molecule has 1 fully saturated rings. The van der Waals surface area contributed by atoms with Crippen molar-refractivity contribution in [3.05, 3.63) is 59.7 Å². The van der Waals surface area contributed by atoms with Gasteiger partial charge in [-0.15, -0.1) is 0 Å². The van der Waals surface area contributed by atoms with Crippen LogP contribution in [0.1, 0.15) is 35.7 Å². The number of nitrogens with one attached hydrogen (secondary N) is 1. The number of hydrogen-bond donors (Lipinski definition) is 1. The van der Waals surface area contributed by atoms with Crippen LogP contribution in [0.3, 0.4) is 0 Å². The Balaban J connectivity index is 1.77. The van der Waals surface area contributed by atoms with Crippen LogP contribution in [-0.4, -0.2) is 31.6 Å². The van der Waals surface area contributed by atoms with Crippen LogP contribution in [0.2, 0.25) is 0 Å². The first-order valence-electron chi connectivity index (χ1n) is 8.70. The molecule has 0 aliphatic heterocycles. The second-order valence-electron chi connectivity index (χ2n) is 6.56. The molecular weight excluding hydrogens is 366 g/mol. The smallest absolute Gasteiger partial charge is 0.338 e. The quantitative estimate of drug-likeness (QED) is 0.769. The first-order valence-corrected chi connectivity index (χ1v) is 10.2. The van der Waals surface area contributed by atoms with E-state index in [-0.39, 0.29) is 24.3 Å². The predicted octanol–water partition coefficient (Wildman–Crippen LogP) is 3.12. The molecule has 0 unspecified atom stereocenters. The molecule has 1 saturated carbocycles. The van der Waals surface area contributed by atoms with E-state index in [0.29, 0.717) is 11.3 Å². The van der Waals surface area contributed by atoms with E-state index in [4.69, 9.17) is 4.74 Å². The number of carbonyl (C=O) groups is 2. The maximum atomic E-state index is 13.0. The van der Waals surface area contributed by atoms with Gasteiger partial charge in [-0.3, -0.25) is 4.79 Å². The molecule has 0 atom stereocenters. The summed E-state index contributed by atoms with van der Waals surface area (Å²) in [7, 11) is -3.78. The van der Waals surface area contributed by atoms with Gasteiger partial charge in [0.1, 0.15) is 0 Å². The van der Waals surface area contributed by atoms with E-state index in [9.17, 15) is 18.0 Å². The number of ether oxygens (including phenoxy) is 1. The van der Waals surface area contributed by atoms with Crippen molar-refractivity contribution in [2.75, 3.05) is 11.9 Å². The summed E-state index contributed by atoms with van der Waals surface area (Å²) in [5.74, 6) is -0.997. The second-order valence-corrected chi connectivity index (χ2v) is 8.82. The summed E-state index contributed by atoms with van der Waals surface area (Å²) < 4.78 is 29.4. The highest BCUT2D eigenvalue weighted by molar-refractivity contribution is 7.94. The molecule has 0 radical (unpaired) electrons. The van der Waals surface area contributed by atoms with Gasteiger partial charge in [-0.25, -0.2) is 13.2 Å². The molecule has 142 valence electrons. The minimum absolute atomic E-state index is 0.151. The first-order chi connectivity index (χ1) is 12.8. The fraction of sp³-hybridized carbons (Fsp3) is 0.300. The van der Waals surface area contributed by atoms with Gasteiger partial charge in [0.2, 0.25) is 5.91 Å². The summed E-state index contributed by atoms with van der Waals surface area (Å²) in [6.45, 7) is 3.86. The SMILES string of the molecule is CCOC(=O)c1ccc(NC(=O)C2(S(=O)(=O)c3ccc(C)cc3)CC2)cc1. The van der Waals surface area contributed by atoms with E-state index >= 15 is 0 Å². The lowest BCUT2D eigenvalue weighted by molar-refractivity contribution is -0.116. The number of amides is 1. The number of sulfone groups is 1. The van der Waals surface area contributed by atoms with Gasteiger partial charge in [0.25, 0.3) is 0 Å². The molecule has 6 nitrogen and oxygen atoms in total. The molecule has 7 heteroatoms. The molecule has 1 aliphatic carbocycles. The van der Waals surface area contributed by atoms with Gasteiger partial charge in [-0.05, 0) is 63.1 Å². The number of carbonyl (C=O) groups excluding carboxylic acids is 2. The van der Waals surface area contributed by atoms with Gasteiger partial charge in [0.05, 0.1) is 17.1 Å². The zero-order valence-electron chi connectivity index (χ0n) is 15.2. The van der Waals surface area contributed by atoms with E-state index in [1.54, 1.807) is 31.2 Å². The molecule has 0 bridgehead atoms. The number of rotatable bonds is 6. The number of anilines is 1. The van der Waals surface area contributed by atoms with E-state index in [2.05, 4.69) is 5.32 Å². The van der Waals surface area contributed by atoms with Gasteiger partial charge < -0.3 is 10.1 Å². The standard InChI is InChI=1S/C20H21NO5S/c1-3-26-18(22)15-6-8-16(9-7-15)21-19(23)20(12-13-20)27(24,25)17-10-4-14(2)5-11-17/h4-11H,3,12-13H2,1-2H3,(H,21,23). The van der Waals surface area contributed by atoms with Crippen LogP contribution in [0, 0.1) is 6.92 Å². The highest BCUT2D eigenvalue weighted by atomic mass is 32.2. The van der Waals surface area contributed by atoms with Gasteiger partial charge in [0, 0.05) is 5.69 Å². The molecule has 0 heterocycles. The van der Waals surface area contributed by atoms with Crippen LogP contribution >= 0.6 is 0 Å². The summed E-state index contributed by atoms with van der Waals surface area (Å²) in [6, 6.07) is 12.7. The fourth-order valence-corrected chi connectivity index (χ4v) is 4.70. The zero-order valence-corrected chi connectivity index (χ0v) is 16.0. The average molecular weight is 387 g/mol.